The van der Waals surface area contributed by atoms with Gasteiger partial charge in [0.15, 0.2) is 0 Å². The molecule has 0 N–H and O–H groups in total. The van der Waals surface area contributed by atoms with Crippen molar-refractivity contribution in [3.8, 4) is 18.2 Å². The second-order valence-corrected chi connectivity index (χ2v) is 3.38. The van der Waals surface area contributed by atoms with Gasteiger partial charge in [-0.05, 0) is 12.1 Å². The third-order valence-corrected chi connectivity index (χ3v) is 2.16. The van der Waals surface area contributed by atoms with Crippen LogP contribution in [0.5, 0.6) is 0 Å². The van der Waals surface area contributed by atoms with Crippen LogP contribution in [-0.2, 0) is 6.54 Å². The maximum Gasteiger partial charge on any atom is 0.129 e. The van der Waals surface area contributed by atoms with Gasteiger partial charge in [0.25, 0.3) is 0 Å². The Morgan fingerprint density at radius 1 is 1.12 bits per heavy atom. The van der Waals surface area contributed by atoms with Gasteiger partial charge >= 0.3 is 0 Å². The summed E-state index contributed by atoms with van der Waals surface area (Å²) in [4.78, 5) is 1.52. The molecule has 0 radical (unpaired) electrons. The predicted octanol–water partition coefficient (Wildman–Crippen LogP) is 1.55. The fourth-order valence-electron chi connectivity index (χ4n) is 1.35. The van der Waals surface area contributed by atoms with E-state index in [1.54, 1.807) is 0 Å². The average Bonchev–Trinajstić information content (AvgIpc) is 2.32. The minimum absolute atomic E-state index is 0.0625. The summed E-state index contributed by atoms with van der Waals surface area (Å²) in [6.45, 7) is 0.304. The number of nitriles is 3. The van der Waals surface area contributed by atoms with Crippen molar-refractivity contribution in [2.75, 3.05) is 13.1 Å². The third kappa shape index (κ3) is 3.57. The summed E-state index contributed by atoms with van der Waals surface area (Å²) in [5.41, 5.74) is 0.618. The number of hydrogen-bond donors (Lipinski definition) is 0. The van der Waals surface area contributed by atoms with Crippen LogP contribution >= 0.6 is 0 Å². The van der Waals surface area contributed by atoms with E-state index in [0.717, 1.165) is 6.07 Å². The van der Waals surface area contributed by atoms with Crippen LogP contribution in [0.2, 0.25) is 0 Å². The standard InChI is InChI=1S/C12H9FN4/c13-12-7-10(8-16)1-2-11(12)9-17(5-3-14)6-4-15/h1-2,7H,5-6,9H2. The Bertz CT molecular complexity index is 503. The fraction of sp³-hybridized carbons (Fsp3) is 0.250. The number of benzene rings is 1. The van der Waals surface area contributed by atoms with Gasteiger partial charge in [-0.1, -0.05) is 6.07 Å². The molecule has 0 saturated heterocycles. The molecule has 0 aromatic heterocycles. The van der Waals surface area contributed by atoms with Gasteiger partial charge in [0, 0.05) is 12.1 Å². The Balaban J connectivity index is 2.84. The van der Waals surface area contributed by atoms with Crippen LogP contribution in [0, 0.1) is 39.8 Å². The van der Waals surface area contributed by atoms with E-state index in [0.29, 0.717) is 5.56 Å². The van der Waals surface area contributed by atoms with Crippen molar-refractivity contribution in [3.05, 3.63) is 35.1 Å². The zero-order chi connectivity index (χ0) is 12.7. The molecule has 0 fully saturated rings. The maximum atomic E-state index is 13.5. The molecule has 0 unspecified atom stereocenters. The molecular weight excluding hydrogens is 219 g/mol. The van der Waals surface area contributed by atoms with Crippen LogP contribution in [-0.4, -0.2) is 18.0 Å². The average molecular weight is 228 g/mol. The normalized spacial score (nSPS) is 9.35. The molecule has 0 aliphatic rings. The van der Waals surface area contributed by atoms with Gasteiger partial charge < -0.3 is 0 Å². The van der Waals surface area contributed by atoms with Crippen molar-refractivity contribution in [1.29, 1.82) is 15.8 Å². The van der Waals surface area contributed by atoms with E-state index in [1.165, 1.54) is 17.0 Å². The van der Waals surface area contributed by atoms with Crippen LogP contribution < -0.4 is 0 Å². The minimum atomic E-state index is -0.495. The van der Waals surface area contributed by atoms with E-state index >= 15 is 0 Å². The molecular formula is C12H9FN4. The van der Waals surface area contributed by atoms with E-state index in [9.17, 15) is 4.39 Å². The summed E-state index contributed by atoms with van der Waals surface area (Å²) in [6.07, 6.45) is 0. The monoisotopic (exact) mass is 228 g/mol. The van der Waals surface area contributed by atoms with Gasteiger partial charge in [-0.3, -0.25) is 4.90 Å². The first-order valence-electron chi connectivity index (χ1n) is 4.86. The van der Waals surface area contributed by atoms with Gasteiger partial charge in [0.05, 0.1) is 36.9 Å². The molecule has 0 aliphatic heterocycles. The minimum Gasteiger partial charge on any atom is -0.273 e. The molecule has 17 heavy (non-hydrogen) atoms. The highest BCUT2D eigenvalue weighted by Crippen LogP contribution is 2.12. The van der Waals surface area contributed by atoms with E-state index < -0.39 is 5.82 Å². The molecule has 0 saturated carbocycles. The molecule has 1 aromatic rings. The zero-order valence-corrected chi connectivity index (χ0v) is 9.02. The lowest BCUT2D eigenvalue weighted by Gasteiger charge is -2.15. The van der Waals surface area contributed by atoms with Crippen molar-refractivity contribution in [2.45, 2.75) is 6.54 Å². The van der Waals surface area contributed by atoms with Crippen molar-refractivity contribution in [3.63, 3.8) is 0 Å². The van der Waals surface area contributed by atoms with Crippen LogP contribution in [0.3, 0.4) is 0 Å². The topological polar surface area (TPSA) is 74.6 Å². The van der Waals surface area contributed by atoms with Gasteiger partial charge in [-0.2, -0.15) is 15.8 Å². The Hall–Kier alpha value is -2.42. The van der Waals surface area contributed by atoms with Crippen molar-refractivity contribution < 1.29 is 4.39 Å². The Kier molecular flexibility index (Phi) is 4.63. The molecule has 1 rings (SSSR count). The lowest BCUT2D eigenvalue weighted by molar-refractivity contribution is 0.328. The van der Waals surface area contributed by atoms with Crippen molar-refractivity contribution >= 4 is 0 Å². The Morgan fingerprint density at radius 3 is 2.24 bits per heavy atom. The molecule has 0 atom stereocenters. The smallest absolute Gasteiger partial charge is 0.129 e. The Labute approximate surface area is 98.7 Å². The summed E-state index contributed by atoms with van der Waals surface area (Å²) in [6, 6.07) is 9.82. The van der Waals surface area contributed by atoms with Gasteiger partial charge in [0.1, 0.15) is 5.82 Å². The fourth-order valence-corrected chi connectivity index (χ4v) is 1.35. The Morgan fingerprint density at radius 2 is 1.76 bits per heavy atom. The molecule has 0 spiro atoms. The van der Waals surface area contributed by atoms with Gasteiger partial charge in [-0.25, -0.2) is 4.39 Å². The summed E-state index contributed by atoms with van der Waals surface area (Å²) >= 11 is 0. The lowest BCUT2D eigenvalue weighted by atomic mass is 10.1. The number of halogens is 1. The first-order valence-corrected chi connectivity index (χ1v) is 4.86. The van der Waals surface area contributed by atoms with E-state index in [2.05, 4.69) is 0 Å². The highest BCUT2D eigenvalue weighted by atomic mass is 19.1. The van der Waals surface area contributed by atoms with E-state index in [-0.39, 0.29) is 25.2 Å². The number of hydrogen-bond acceptors (Lipinski definition) is 4. The largest absolute Gasteiger partial charge is 0.273 e. The molecule has 0 bridgehead atoms. The van der Waals surface area contributed by atoms with Crippen LogP contribution in [0.15, 0.2) is 18.2 Å². The highest BCUT2D eigenvalue weighted by Gasteiger charge is 2.09. The quantitative estimate of drug-likeness (QED) is 0.732. The summed E-state index contributed by atoms with van der Waals surface area (Å²) in [5.74, 6) is -0.495. The number of rotatable bonds is 4. The predicted molar refractivity (Wildman–Crippen MR) is 57.6 cm³/mol. The summed E-state index contributed by atoms with van der Waals surface area (Å²) in [5, 5.41) is 25.7. The molecule has 1 aromatic carbocycles. The molecule has 0 amide bonds. The number of nitrogens with zero attached hydrogens (tertiary/aromatic N) is 4. The highest BCUT2D eigenvalue weighted by molar-refractivity contribution is 5.32. The zero-order valence-electron chi connectivity index (χ0n) is 9.02. The molecule has 4 nitrogen and oxygen atoms in total. The molecule has 0 aliphatic carbocycles. The lowest BCUT2D eigenvalue weighted by Crippen LogP contribution is -2.24. The second kappa shape index (κ2) is 6.23. The second-order valence-electron chi connectivity index (χ2n) is 3.38. The van der Waals surface area contributed by atoms with Crippen LogP contribution in [0.25, 0.3) is 0 Å². The van der Waals surface area contributed by atoms with Crippen molar-refractivity contribution in [2.24, 2.45) is 0 Å². The van der Waals surface area contributed by atoms with E-state index in [1.807, 2.05) is 18.2 Å². The SMILES string of the molecule is N#CCN(CC#N)Cc1ccc(C#N)cc1F. The van der Waals surface area contributed by atoms with Crippen LogP contribution in [0.1, 0.15) is 11.1 Å². The van der Waals surface area contributed by atoms with Crippen molar-refractivity contribution in [1.82, 2.24) is 4.90 Å². The first kappa shape index (κ1) is 12.6. The molecule has 5 heteroatoms. The van der Waals surface area contributed by atoms with Crippen LogP contribution in [0.4, 0.5) is 4.39 Å². The maximum absolute atomic E-state index is 13.5. The van der Waals surface area contributed by atoms with E-state index in [4.69, 9.17) is 15.8 Å². The molecule has 84 valence electrons. The third-order valence-electron chi connectivity index (χ3n) is 2.16. The summed E-state index contributed by atoms with van der Waals surface area (Å²) < 4.78 is 13.5. The van der Waals surface area contributed by atoms with Gasteiger partial charge in [-0.15, -0.1) is 0 Å². The molecule has 0 heterocycles. The first-order chi connectivity index (χ1) is 8.21. The summed E-state index contributed by atoms with van der Waals surface area (Å²) in [7, 11) is 0. The van der Waals surface area contributed by atoms with Gasteiger partial charge in [0.2, 0.25) is 0 Å².